The van der Waals surface area contributed by atoms with Crippen molar-refractivity contribution in [1.29, 1.82) is 5.26 Å². The predicted octanol–water partition coefficient (Wildman–Crippen LogP) is 1.85. The molecule has 7 heteroatoms. The molecule has 1 rings (SSSR count). The monoisotopic (exact) mass is 264 g/mol. The van der Waals surface area contributed by atoms with E-state index < -0.39 is 5.97 Å². The zero-order chi connectivity index (χ0) is 13.5. The summed E-state index contributed by atoms with van der Waals surface area (Å²) in [4.78, 5) is 15.3. The molecule has 0 atom stereocenters. The van der Waals surface area contributed by atoms with Crippen molar-refractivity contribution in [3.63, 3.8) is 0 Å². The highest BCUT2D eigenvalue weighted by atomic mass is 32.2. The van der Waals surface area contributed by atoms with E-state index in [4.69, 9.17) is 10.4 Å². The summed E-state index contributed by atoms with van der Waals surface area (Å²) in [7, 11) is 1.62. The van der Waals surface area contributed by atoms with Gasteiger partial charge in [-0.25, -0.2) is 9.79 Å². The highest BCUT2D eigenvalue weighted by molar-refractivity contribution is 8.13. The number of amidine groups is 1. The number of aliphatic imine (C=N–C) groups is 1. The Labute approximate surface area is 109 Å². The summed E-state index contributed by atoms with van der Waals surface area (Å²) in [5.41, 5.74) is 1.01. The number of carbonyl (C=O) groups is 1. The first-order valence-corrected chi connectivity index (χ1v) is 6.18. The van der Waals surface area contributed by atoms with E-state index >= 15 is 0 Å². The standard InChI is InChI=1S/C11H12N4O2S/c1-13-9-7(10(16)17)4-3-5-8(9)15-11(18-2)14-6-12/h3-5,13H,1-2H3,(H,14,15)(H,16,17). The summed E-state index contributed by atoms with van der Waals surface area (Å²) in [6.07, 6.45) is 3.54. The van der Waals surface area contributed by atoms with Gasteiger partial charge in [-0.2, -0.15) is 5.26 Å². The fourth-order valence-corrected chi connectivity index (χ4v) is 1.69. The van der Waals surface area contributed by atoms with Gasteiger partial charge in [0.25, 0.3) is 0 Å². The molecule has 0 amide bonds. The van der Waals surface area contributed by atoms with Gasteiger partial charge in [-0.1, -0.05) is 17.8 Å². The van der Waals surface area contributed by atoms with Crippen molar-refractivity contribution >= 4 is 34.3 Å². The number of anilines is 1. The molecule has 0 saturated heterocycles. The minimum Gasteiger partial charge on any atom is -0.478 e. The van der Waals surface area contributed by atoms with Gasteiger partial charge in [0.05, 0.1) is 16.9 Å². The molecule has 18 heavy (non-hydrogen) atoms. The van der Waals surface area contributed by atoms with E-state index in [0.29, 0.717) is 16.5 Å². The SMILES string of the molecule is CNc1c(N=C(NC#N)SC)cccc1C(=O)O. The van der Waals surface area contributed by atoms with Crippen LogP contribution < -0.4 is 10.6 Å². The highest BCUT2D eigenvalue weighted by Gasteiger charge is 2.12. The van der Waals surface area contributed by atoms with E-state index in [1.165, 1.54) is 17.8 Å². The van der Waals surface area contributed by atoms with Gasteiger partial charge >= 0.3 is 5.97 Å². The van der Waals surface area contributed by atoms with E-state index in [9.17, 15) is 4.79 Å². The Morgan fingerprint density at radius 3 is 2.78 bits per heavy atom. The van der Waals surface area contributed by atoms with Crippen LogP contribution in [0.3, 0.4) is 0 Å². The molecule has 0 heterocycles. The molecule has 1 aromatic rings. The Kier molecular flexibility index (Phi) is 5.02. The Bertz CT molecular complexity index is 522. The smallest absolute Gasteiger partial charge is 0.337 e. The first kappa shape index (κ1) is 13.9. The van der Waals surface area contributed by atoms with Crippen LogP contribution in [0.1, 0.15) is 10.4 Å². The lowest BCUT2D eigenvalue weighted by Crippen LogP contribution is -2.12. The van der Waals surface area contributed by atoms with Gasteiger partial charge in [0.2, 0.25) is 0 Å². The van der Waals surface area contributed by atoms with Gasteiger partial charge < -0.3 is 10.4 Å². The Morgan fingerprint density at radius 1 is 1.56 bits per heavy atom. The van der Waals surface area contributed by atoms with Crippen molar-refractivity contribution in [2.24, 2.45) is 4.99 Å². The van der Waals surface area contributed by atoms with Crippen LogP contribution in [0.4, 0.5) is 11.4 Å². The molecular formula is C11H12N4O2S. The summed E-state index contributed by atoms with van der Waals surface area (Å²) >= 11 is 1.26. The minimum absolute atomic E-state index is 0.135. The number of thioether (sulfide) groups is 1. The summed E-state index contributed by atoms with van der Waals surface area (Å²) in [6, 6.07) is 4.77. The van der Waals surface area contributed by atoms with Crippen molar-refractivity contribution < 1.29 is 9.90 Å². The van der Waals surface area contributed by atoms with Crippen LogP contribution in [0.15, 0.2) is 23.2 Å². The fraction of sp³-hybridized carbons (Fsp3) is 0.182. The van der Waals surface area contributed by atoms with Crippen molar-refractivity contribution in [2.45, 2.75) is 0 Å². The van der Waals surface area contributed by atoms with E-state index in [2.05, 4.69) is 15.6 Å². The number of hydrogen-bond acceptors (Lipinski definition) is 5. The zero-order valence-corrected chi connectivity index (χ0v) is 10.7. The third-order valence-electron chi connectivity index (χ3n) is 2.10. The molecule has 0 aliphatic carbocycles. The molecule has 0 spiro atoms. The molecule has 0 aliphatic heterocycles. The number of para-hydroxylation sites is 1. The molecular weight excluding hydrogens is 252 g/mol. The Morgan fingerprint density at radius 2 is 2.28 bits per heavy atom. The van der Waals surface area contributed by atoms with Crippen LogP contribution in [0, 0.1) is 11.5 Å². The molecule has 0 fully saturated rings. The predicted molar refractivity (Wildman–Crippen MR) is 72.3 cm³/mol. The Hall–Kier alpha value is -2.20. The van der Waals surface area contributed by atoms with E-state index in [0.717, 1.165) is 0 Å². The topological polar surface area (TPSA) is 97.5 Å². The van der Waals surface area contributed by atoms with Crippen molar-refractivity contribution in [1.82, 2.24) is 5.32 Å². The van der Waals surface area contributed by atoms with E-state index in [1.807, 2.05) is 0 Å². The number of nitrogens with zero attached hydrogens (tertiary/aromatic N) is 2. The van der Waals surface area contributed by atoms with Crippen LogP contribution >= 0.6 is 11.8 Å². The molecule has 3 N–H and O–H groups in total. The molecule has 1 aromatic carbocycles. The first-order chi connectivity index (χ1) is 8.63. The fourth-order valence-electron chi connectivity index (χ4n) is 1.36. The lowest BCUT2D eigenvalue weighted by atomic mass is 10.1. The van der Waals surface area contributed by atoms with Gasteiger partial charge in [0.1, 0.15) is 0 Å². The number of carboxylic acid groups (broad SMARTS) is 1. The van der Waals surface area contributed by atoms with Crippen LogP contribution in [-0.2, 0) is 0 Å². The van der Waals surface area contributed by atoms with Crippen LogP contribution in [0.2, 0.25) is 0 Å². The average molecular weight is 264 g/mol. The number of nitriles is 1. The molecule has 0 saturated carbocycles. The third kappa shape index (κ3) is 3.15. The molecule has 0 radical (unpaired) electrons. The second kappa shape index (κ2) is 6.51. The molecule has 6 nitrogen and oxygen atoms in total. The average Bonchev–Trinajstić information content (AvgIpc) is 2.37. The summed E-state index contributed by atoms with van der Waals surface area (Å²) < 4.78 is 0. The molecule has 94 valence electrons. The summed E-state index contributed by atoms with van der Waals surface area (Å²) in [5, 5.41) is 23.2. The normalized spacial score (nSPS) is 10.6. The van der Waals surface area contributed by atoms with E-state index in [-0.39, 0.29) is 5.56 Å². The van der Waals surface area contributed by atoms with Crippen molar-refractivity contribution in [3.8, 4) is 6.19 Å². The van der Waals surface area contributed by atoms with E-state index in [1.54, 1.807) is 31.6 Å². The number of rotatable bonds is 3. The lowest BCUT2D eigenvalue weighted by molar-refractivity contribution is 0.0698. The maximum absolute atomic E-state index is 11.1. The quantitative estimate of drug-likeness (QED) is 0.333. The summed E-state index contributed by atoms with van der Waals surface area (Å²) in [5.74, 6) is -1.03. The van der Waals surface area contributed by atoms with Gasteiger partial charge in [-0.15, -0.1) is 0 Å². The minimum atomic E-state index is -1.03. The molecule has 0 aliphatic rings. The Balaban J connectivity index is 3.29. The van der Waals surface area contributed by atoms with Crippen molar-refractivity contribution in [2.75, 3.05) is 18.6 Å². The largest absolute Gasteiger partial charge is 0.478 e. The first-order valence-electron chi connectivity index (χ1n) is 4.95. The molecule has 0 unspecified atom stereocenters. The van der Waals surface area contributed by atoms with Crippen molar-refractivity contribution in [3.05, 3.63) is 23.8 Å². The number of benzene rings is 1. The lowest BCUT2D eigenvalue weighted by Gasteiger charge is -2.09. The second-order valence-electron chi connectivity index (χ2n) is 3.11. The zero-order valence-electron chi connectivity index (χ0n) is 9.89. The summed E-state index contributed by atoms with van der Waals surface area (Å²) in [6.45, 7) is 0. The van der Waals surface area contributed by atoms with Crippen LogP contribution in [0.25, 0.3) is 0 Å². The molecule has 0 bridgehead atoms. The third-order valence-corrected chi connectivity index (χ3v) is 2.68. The van der Waals surface area contributed by atoms with Crippen LogP contribution in [-0.4, -0.2) is 29.5 Å². The number of hydrogen-bond donors (Lipinski definition) is 3. The number of nitrogens with one attached hydrogen (secondary N) is 2. The van der Waals surface area contributed by atoms with Gasteiger partial charge in [-0.3, -0.25) is 5.32 Å². The second-order valence-corrected chi connectivity index (χ2v) is 3.91. The number of carboxylic acids is 1. The maximum Gasteiger partial charge on any atom is 0.337 e. The molecule has 0 aromatic heterocycles. The number of aromatic carboxylic acids is 1. The highest BCUT2D eigenvalue weighted by Crippen LogP contribution is 2.29. The van der Waals surface area contributed by atoms with Gasteiger partial charge in [-0.05, 0) is 18.4 Å². The van der Waals surface area contributed by atoms with Crippen LogP contribution in [0.5, 0.6) is 0 Å². The maximum atomic E-state index is 11.1. The van der Waals surface area contributed by atoms with Gasteiger partial charge in [0, 0.05) is 7.05 Å². The van der Waals surface area contributed by atoms with Gasteiger partial charge in [0.15, 0.2) is 11.4 Å².